The number of aromatic hydroxyl groups is 1. The maximum absolute atomic E-state index is 12.4. The summed E-state index contributed by atoms with van der Waals surface area (Å²) in [5, 5.41) is 13.7. The van der Waals surface area contributed by atoms with Gasteiger partial charge in [0.25, 0.3) is 16.0 Å². The number of nitrogens with one attached hydrogen (secondary N) is 1. The molecule has 0 saturated heterocycles. The van der Waals surface area contributed by atoms with Gasteiger partial charge in [-0.05, 0) is 54.1 Å². The van der Waals surface area contributed by atoms with Crippen molar-refractivity contribution in [2.45, 2.75) is 11.8 Å². The van der Waals surface area contributed by atoms with Gasteiger partial charge in [0.15, 0.2) is 0 Å². The first-order valence-corrected chi connectivity index (χ1v) is 9.01. The van der Waals surface area contributed by atoms with Crippen LogP contribution in [0.4, 0.5) is 11.4 Å². The number of carbonyl (C=O) groups is 1. The van der Waals surface area contributed by atoms with Crippen LogP contribution in [-0.4, -0.2) is 24.0 Å². The number of rotatable bonds is 3. The summed E-state index contributed by atoms with van der Waals surface area (Å²) in [5.41, 5.74) is 7.44. The van der Waals surface area contributed by atoms with E-state index in [0.717, 1.165) is 5.56 Å². The standard InChI is InChI=1S/C18H16N2O5S/c1-10-2-5-15(19)14(6-10)18(22)20-16-8-11-3-4-13(26(23,24)25)7-12(11)9-17(16)21/h2-9,21H,19H2,1H3,(H,20,22)(H,23,24,25). The number of nitrogen functional groups attached to an aromatic ring is 1. The molecule has 0 saturated carbocycles. The quantitative estimate of drug-likeness (QED) is 0.318. The number of phenolic OH excluding ortho intramolecular Hbond substituents is 1. The summed E-state index contributed by atoms with van der Waals surface area (Å²) < 4.78 is 31.5. The van der Waals surface area contributed by atoms with Crippen molar-refractivity contribution in [3.05, 3.63) is 59.7 Å². The van der Waals surface area contributed by atoms with Gasteiger partial charge in [-0.25, -0.2) is 0 Å². The predicted octanol–water partition coefficient (Wildman–Crippen LogP) is 2.94. The molecule has 0 unspecified atom stereocenters. The number of phenols is 1. The summed E-state index contributed by atoms with van der Waals surface area (Å²) in [7, 11) is -4.35. The number of hydrogen-bond acceptors (Lipinski definition) is 5. The summed E-state index contributed by atoms with van der Waals surface area (Å²) >= 11 is 0. The molecule has 1 amide bonds. The zero-order valence-corrected chi connectivity index (χ0v) is 14.5. The number of anilines is 2. The highest BCUT2D eigenvalue weighted by Gasteiger charge is 2.15. The number of fused-ring (bicyclic) bond motifs is 1. The summed E-state index contributed by atoms with van der Waals surface area (Å²) in [4.78, 5) is 12.2. The number of carbonyl (C=O) groups excluding carboxylic acids is 1. The van der Waals surface area contributed by atoms with Gasteiger partial charge < -0.3 is 16.2 Å². The van der Waals surface area contributed by atoms with Gasteiger partial charge in [0.05, 0.1) is 16.1 Å². The molecular formula is C18H16N2O5S. The molecule has 3 aromatic carbocycles. The molecule has 7 nitrogen and oxygen atoms in total. The maximum Gasteiger partial charge on any atom is 0.294 e. The number of nitrogens with two attached hydrogens (primary N) is 1. The highest BCUT2D eigenvalue weighted by molar-refractivity contribution is 7.85. The van der Waals surface area contributed by atoms with E-state index in [0.29, 0.717) is 16.5 Å². The minimum Gasteiger partial charge on any atom is -0.506 e. The lowest BCUT2D eigenvalue weighted by Gasteiger charge is -2.11. The second-order valence-corrected chi connectivity index (χ2v) is 7.32. The smallest absolute Gasteiger partial charge is 0.294 e. The van der Waals surface area contributed by atoms with Crippen molar-refractivity contribution in [2.75, 3.05) is 11.1 Å². The van der Waals surface area contributed by atoms with Crippen LogP contribution < -0.4 is 11.1 Å². The fraction of sp³-hybridized carbons (Fsp3) is 0.0556. The molecule has 26 heavy (non-hydrogen) atoms. The van der Waals surface area contributed by atoms with Crippen LogP contribution in [0.25, 0.3) is 10.8 Å². The molecule has 5 N–H and O–H groups in total. The van der Waals surface area contributed by atoms with Crippen LogP contribution in [-0.2, 0) is 10.1 Å². The summed E-state index contributed by atoms with van der Waals surface area (Å²) in [5.74, 6) is -0.722. The lowest BCUT2D eigenvalue weighted by atomic mass is 10.1. The van der Waals surface area contributed by atoms with Gasteiger partial charge in [-0.15, -0.1) is 0 Å². The lowest BCUT2D eigenvalue weighted by Crippen LogP contribution is -2.14. The van der Waals surface area contributed by atoms with E-state index in [1.165, 1.54) is 30.3 Å². The third-order valence-corrected chi connectivity index (χ3v) is 4.78. The molecule has 0 atom stereocenters. The van der Waals surface area contributed by atoms with Gasteiger partial charge >= 0.3 is 0 Å². The van der Waals surface area contributed by atoms with Crippen molar-refractivity contribution < 1.29 is 22.9 Å². The molecule has 0 radical (unpaired) electrons. The Hall–Kier alpha value is -3.10. The molecule has 0 fully saturated rings. The molecule has 3 aromatic rings. The monoisotopic (exact) mass is 372 g/mol. The Balaban J connectivity index is 1.99. The van der Waals surface area contributed by atoms with Crippen LogP contribution in [0.5, 0.6) is 5.75 Å². The fourth-order valence-corrected chi connectivity index (χ4v) is 3.10. The van der Waals surface area contributed by atoms with Crippen LogP contribution in [0.3, 0.4) is 0 Å². The Morgan fingerprint density at radius 3 is 2.46 bits per heavy atom. The van der Waals surface area contributed by atoms with Crippen LogP contribution in [0.2, 0.25) is 0 Å². The average molecular weight is 372 g/mol. The third kappa shape index (κ3) is 3.46. The van der Waals surface area contributed by atoms with E-state index in [-0.39, 0.29) is 21.9 Å². The van der Waals surface area contributed by atoms with E-state index < -0.39 is 16.0 Å². The first-order chi connectivity index (χ1) is 12.1. The largest absolute Gasteiger partial charge is 0.506 e. The van der Waals surface area contributed by atoms with Crippen LogP contribution in [0, 0.1) is 6.92 Å². The van der Waals surface area contributed by atoms with E-state index in [2.05, 4.69) is 5.32 Å². The van der Waals surface area contributed by atoms with Gasteiger partial charge in [0, 0.05) is 5.69 Å². The summed E-state index contributed by atoms with van der Waals surface area (Å²) in [6.45, 7) is 1.83. The Labute approximate surface area is 149 Å². The minimum atomic E-state index is -4.35. The van der Waals surface area contributed by atoms with Crippen molar-refractivity contribution in [2.24, 2.45) is 0 Å². The molecule has 134 valence electrons. The van der Waals surface area contributed by atoms with Crippen LogP contribution in [0.1, 0.15) is 15.9 Å². The van der Waals surface area contributed by atoms with Crippen LogP contribution >= 0.6 is 0 Å². The van der Waals surface area contributed by atoms with E-state index in [1.54, 1.807) is 18.2 Å². The lowest BCUT2D eigenvalue weighted by molar-refractivity contribution is 0.102. The van der Waals surface area contributed by atoms with Gasteiger partial charge in [0.1, 0.15) is 5.75 Å². The van der Waals surface area contributed by atoms with E-state index in [4.69, 9.17) is 10.3 Å². The highest BCUT2D eigenvalue weighted by Crippen LogP contribution is 2.31. The second kappa shape index (κ2) is 6.32. The summed E-state index contributed by atoms with van der Waals surface area (Å²) in [6.07, 6.45) is 0. The number of aryl methyl sites for hydroxylation is 1. The topological polar surface area (TPSA) is 130 Å². The van der Waals surface area contributed by atoms with E-state index in [9.17, 15) is 18.3 Å². The molecule has 0 spiro atoms. The normalized spacial score (nSPS) is 11.5. The fourth-order valence-electron chi connectivity index (χ4n) is 2.58. The Morgan fingerprint density at radius 2 is 1.77 bits per heavy atom. The van der Waals surface area contributed by atoms with Crippen molar-refractivity contribution in [3.8, 4) is 5.75 Å². The Kier molecular flexibility index (Phi) is 4.31. The number of amides is 1. The molecule has 8 heteroatoms. The molecule has 3 rings (SSSR count). The predicted molar refractivity (Wildman–Crippen MR) is 99.0 cm³/mol. The van der Waals surface area contributed by atoms with Crippen molar-refractivity contribution in [3.63, 3.8) is 0 Å². The van der Waals surface area contributed by atoms with Gasteiger partial charge in [0.2, 0.25) is 0 Å². The highest BCUT2D eigenvalue weighted by atomic mass is 32.2. The summed E-state index contributed by atoms with van der Waals surface area (Å²) in [6, 6.07) is 11.8. The molecule has 0 bridgehead atoms. The molecule has 0 heterocycles. The van der Waals surface area contributed by atoms with Crippen molar-refractivity contribution in [1.29, 1.82) is 0 Å². The SMILES string of the molecule is Cc1ccc(N)c(C(=O)Nc2cc3ccc(S(=O)(=O)O)cc3cc2O)c1. The van der Waals surface area contributed by atoms with Gasteiger partial charge in [-0.2, -0.15) is 8.42 Å². The van der Waals surface area contributed by atoms with E-state index >= 15 is 0 Å². The van der Waals surface area contributed by atoms with Gasteiger partial charge in [-0.1, -0.05) is 17.7 Å². The molecular weight excluding hydrogens is 356 g/mol. The third-order valence-electron chi connectivity index (χ3n) is 3.93. The first-order valence-electron chi connectivity index (χ1n) is 7.57. The van der Waals surface area contributed by atoms with Crippen LogP contribution in [0.15, 0.2) is 53.4 Å². The second-order valence-electron chi connectivity index (χ2n) is 5.90. The molecule has 0 aromatic heterocycles. The zero-order valence-electron chi connectivity index (χ0n) is 13.7. The van der Waals surface area contributed by atoms with E-state index in [1.807, 2.05) is 6.92 Å². The Morgan fingerprint density at radius 1 is 1.04 bits per heavy atom. The molecule has 0 aliphatic carbocycles. The number of benzene rings is 3. The minimum absolute atomic E-state index is 0.156. The Bertz CT molecular complexity index is 1140. The van der Waals surface area contributed by atoms with Crippen molar-refractivity contribution in [1.82, 2.24) is 0 Å². The number of hydrogen-bond donors (Lipinski definition) is 4. The molecule has 0 aliphatic rings. The van der Waals surface area contributed by atoms with Gasteiger partial charge in [-0.3, -0.25) is 9.35 Å². The van der Waals surface area contributed by atoms with Crippen molar-refractivity contribution >= 4 is 38.2 Å². The maximum atomic E-state index is 12.4. The zero-order chi connectivity index (χ0) is 19.1. The first kappa shape index (κ1) is 17.7. The molecule has 0 aliphatic heterocycles. The average Bonchev–Trinajstić information content (AvgIpc) is 2.56.